The molecule has 6 heteroatoms. The quantitative estimate of drug-likeness (QED) is 0.515. The molecule has 0 heterocycles. The van der Waals surface area contributed by atoms with E-state index >= 15 is 0 Å². The molecule has 4 nitrogen and oxygen atoms in total. The van der Waals surface area contributed by atoms with Crippen LogP contribution in [-0.2, 0) is 20.4 Å². The van der Waals surface area contributed by atoms with Gasteiger partial charge in [-0.05, 0) is 0 Å². The second-order valence-corrected chi connectivity index (χ2v) is 0. The van der Waals surface area contributed by atoms with Crippen LogP contribution in [0.2, 0.25) is 0 Å². The summed E-state index contributed by atoms with van der Waals surface area (Å²) in [4.78, 5) is 0. The maximum Gasteiger partial charge on any atom is 2.00 e. The summed E-state index contributed by atoms with van der Waals surface area (Å²) in [6.45, 7) is 0. The molecule has 40 valence electrons. The van der Waals surface area contributed by atoms with Crippen molar-refractivity contribution in [1.29, 1.82) is 0 Å². The molecule has 0 unspecified atom stereocenters. The first-order valence-electron chi connectivity index (χ1n) is 0. The fraction of sp³-hybridized carbons (Fsp3) is 0. The van der Waals surface area contributed by atoms with Crippen molar-refractivity contribution in [2.24, 2.45) is 0 Å². The minimum Gasteiger partial charge on any atom is -0.870 e. The van der Waals surface area contributed by atoms with E-state index in [1.165, 1.54) is 0 Å². The Kier molecular flexibility index (Phi) is 1050. The fourth-order valence-electron chi connectivity index (χ4n) is 0. The van der Waals surface area contributed by atoms with Crippen molar-refractivity contribution in [2.45, 2.75) is 0 Å². The van der Waals surface area contributed by atoms with Crippen LogP contribution in [-0.4, -0.2) is 67.4 Å². The van der Waals surface area contributed by atoms with E-state index in [-0.39, 0.29) is 87.8 Å². The summed E-state index contributed by atoms with van der Waals surface area (Å²) in [6, 6.07) is 0. The smallest absolute Gasteiger partial charge is 0.870 e. The molecule has 0 aromatic rings. The summed E-state index contributed by atoms with van der Waals surface area (Å²) in [7, 11) is 0. The van der Waals surface area contributed by atoms with Gasteiger partial charge in [-0.2, -0.15) is 0 Å². The van der Waals surface area contributed by atoms with Crippen molar-refractivity contribution in [3.63, 3.8) is 0 Å². The third-order valence-electron chi connectivity index (χ3n) is 0. The summed E-state index contributed by atoms with van der Waals surface area (Å²) < 4.78 is 0. The molecule has 0 radical (unpaired) electrons. The molecule has 0 atom stereocenters. The van der Waals surface area contributed by atoms with Gasteiger partial charge in [0.1, 0.15) is 0 Å². The molecule has 0 aliphatic heterocycles. The maximum atomic E-state index is 0. The van der Waals surface area contributed by atoms with Crippen LogP contribution in [0.25, 0.3) is 0 Å². The first-order valence-corrected chi connectivity index (χ1v) is 0. The number of hydrogen-bond acceptors (Lipinski definition) is 4. The Labute approximate surface area is 86.5 Å². The molecule has 0 aromatic heterocycles. The van der Waals surface area contributed by atoms with E-state index in [1.807, 2.05) is 0 Å². The molecule has 0 fully saturated rings. The van der Waals surface area contributed by atoms with Gasteiger partial charge in [-0.25, -0.2) is 0 Å². The Hall–Kier alpha value is 1.98. The molecule has 0 saturated heterocycles. The van der Waals surface area contributed by atoms with Crippen LogP contribution in [0.3, 0.4) is 0 Å². The Morgan fingerprint density at radius 3 is 0.500 bits per heavy atom. The Balaban J connectivity index is 0. The standard InChI is InChI=1S/4H2O.Pd.Sr/h4*1H2;;/q;;;;2*+2/p-4. The van der Waals surface area contributed by atoms with E-state index in [0.29, 0.717) is 0 Å². The van der Waals surface area contributed by atoms with E-state index in [1.54, 1.807) is 0 Å². The minimum absolute atomic E-state index is 0. The van der Waals surface area contributed by atoms with Crippen LogP contribution in [0.5, 0.6) is 0 Å². The molecule has 6 heavy (non-hydrogen) atoms. The van der Waals surface area contributed by atoms with E-state index in [4.69, 9.17) is 0 Å². The Morgan fingerprint density at radius 1 is 0.500 bits per heavy atom. The zero-order chi connectivity index (χ0) is 0. The fourth-order valence-corrected chi connectivity index (χ4v) is 0. The summed E-state index contributed by atoms with van der Waals surface area (Å²) in [5.74, 6) is 0. The summed E-state index contributed by atoms with van der Waals surface area (Å²) >= 11 is 0. The molecule has 4 N–H and O–H groups in total. The largest absolute Gasteiger partial charge is 2.00 e. The van der Waals surface area contributed by atoms with Crippen molar-refractivity contribution in [3.05, 3.63) is 0 Å². The average Bonchev–Trinajstić information content (AvgIpc) is 0. The molecular formula is H4O4PdSr. The predicted octanol–water partition coefficient (Wildman–Crippen LogP) is -1.09. The van der Waals surface area contributed by atoms with Crippen LogP contribution in [0, 0.1) is 0 Å². The molecule has 0 aliphatic carbocycles. The van der Waals surface area contributed by atoms with Gasteiger partial charge in [0.2, 0.25) is 0 Å². The molecular weight excluding hydrogens is 258 g/mol. The third-order valence-corrected chi connectivity index (χ3v) is 0. The van der Waals surface area contributed by atoms with Gasteiger partial charge in [0.15, 0.2) is 0 Å². The van der Waals surface area contributed by atoms with Crippen molar-refractivity contribution in [3.8, 4) is 0 Å². The first kappa shape index (κ1) is 99.0. The van der Waals surface area contributed by atoms with Crippen LogP contribution in [0.4, 0.5) is 0 Å². The van der Waals surface area contributed by atoms with Crippen molar-refractivity contribution >= 4 is 45.5 Å². The van der Waals surface area contributed by atoms with Crippen LogP contribution >= 0.6 is 0 Å². The van der Waals surface area contributed by atoms with Gasteiger partial charge in [-0.1, -0.05) is 0 Å². The molecule has 0 aromatic carbocycles. The van der Waals surface area contributed by atoms with Crippen molar-refractivity contribution in [2.75, 3.05) is 0 Å². The molecule has 0 amide bonds. The van der Waals surface area contributed by atoms with E-state index < -0.39 is 0 Å². The maximum absolute atomic E-state index is 0. The first-order chi connectivity index (χ1) is 0. The topological polar surface area (TPSA) is 120 Å². The summed E-state index contributed by atoms with van der Waals surface area (Å²) in [5.41, 5.74) is 0. The zero-order valence-electron chi connectivity index (χ0n) is 2.81. The summed E-state index contributed by atoms with van der Waals surface area (Å²) in [5, 5.41) is 0. The van der Waals surface area contributed by atoms with E-state index in [2.05, 4.69) is 0 Å². The van der Waals surface area contributed by atoms with Gasteiger partial charge in [0.05, 0.1) is 0 Å². The molecule has 0 spiro atoms. The number of hydrogen-bond donors (Lipinski definition) is 0. The minimum atomic E-state index is 0. The van der Waals surface area contributed by atoms with Crippen LogP contribution in [0.15, 0.2) is 0 Å². The molecule has 0 saturated carbocycles. The number of rotatable bonds is 0. The van der Waals surface area contributed by atoms with Gasteiger partial charge in [-0.15, -0.1) is 0 Å². The van der Waals surface area contributed by atoms with Gasteiger partial charge < -0.3 is 21.9 Å². The second-order valence-electron chi connectivity index (χ2n) is 0. The van der Waals surface area contributed by atoms with Crippen molar-refractivity contribution < 1.29 is 42.3 Å². The molecule has 0 bridgehead atoms. The SMILES string of the molecule is [OH-].[OH-].[OH-].[OH-].[Pd+2].[Sr+2]. The normalized spacial score (nSPS) is 0. The van der Waals surface area contributed by atoms with Crippen molar-refractivity contribution in [1.82, 2.24) is 0 Å². The Bertz CT molecular complexity index is 7.51. The predicted molar refractivity (Wildman–Crippen MR) is 13.5 cm³/mol. The second kappa shape index (κ2) is 63.6. The van der Waals surface area contributed by atoms with Gasteiger partial charge in [0.25, 0.3) is 0 Å². The monoisotopic (exact) mass is 262 g/mol. The molecule has 0 aliphatic rings. The zero-order valence-corrected chi connectivity index (χ0v) is 7.84. The average molecular weight is 262 g/mol. The van der Waals surface area contributed by atoms with Crippen LogP contribution < -0.4 is 0 Å². The third kappa shape index (κ3) is 37.8. The van der Waals surface area contributed by atoms with Gasteiger partial charge in [0, 0.05) is 0 Å². The Morgan fingerprint density at radius 2 is 0.500 bits per heavy atom. The van der Waals surface area contributed by atoms with E-state index in [0.717, 1.165) is 0 Å². The van der Waals surface area contributed by atoms with Gasteiger partial charge in [-0.3, -0.25) is 0 Å². The summed E-state index contributed by atoms with van der Waals surface area (Å²) in [6.07, 6.45) is 0. The van der Waals surface area contributed by atoms with Gasteiger partial charge >= 0.3 is 65.9 Å². The van der Waals surface area contributed by atoms with E-state index in [9.17, 15) is 0 Å². The molecule has 0 rings (SSSR count). The van der Waals surface area contributed by atoms with Crippen LogP contribution in [0.1, 0.15) is 0 Å².